The summed E-state index contributed by atoms with van der Waals surface area (Å²) in [6.07, 6.45) is 0.934. The molecule has 0 aliphatic rings. The van der Waals surface area contributed by atoms with Gasteiger partial charge in [0.2, 0.25) is 0 Å². The molecular weight excluding hydrogens is 271 g/mol. The molecule has 0 aliphatic heterocycles. The van der Waals surface area contributed by atoms with Crippen LogP contribution in [0.4, 0.5) is 4.39 Å². The van der Waals surface area contributed by atoms with E-state index in [1.807, 2.05) is 13.0 Å². The van der Waals surface area contributed by atoms with Crippen LogP contribution < -0.4 is 5.32 Å². The van der Waals surface area contributed by atoms with Crippen LogP contribution >= 0.6 is 11.3 Å². The van der Waals surface area contributed by atoms with E-state index in [0.717, 1.165) is 34.8 Å². The van der Waals surface area contributed by atoms with Crippen molar-refractivity contribution in [2.24, 2.45) is 0 Å². The Morgan fingerprint density at radius 3 is 2.65 bits per heavy atom. The van der Waals surface area contributed by atoms with Gasteiger partial charge in [0, 0.05) is 4.88 Å². The van der Waals surface area contributed by atoms with Crippen molar-refractivity contribution in [3.63, 3.8) is 0 Å². The van der Waals surface area contributed by atoms with Crippen molar-refractivity contribution in [2.75, 3.05) is 6.54 Å². The minimum absolute atomic E-state index is 0.0281. The fraction of sp³-hybridized carbons (Fsp3) is 0.438. The lowest BCUT2D eigenvalue weighted by molar-refractivity contribution is 0.598. The summed E-state index contributed by atoms with van der Waals surface area (Å²) in [6, 6.07) is 4.92. The standard InChI is InChI=1S/C16H21FN2S/c1-5-14-11(4)20-16(19-14)15(18-6-2)13-9-12(17)8-7-10(13)3/h7-9,15,18H,5-6H2,1-4H3. The molecule has 0 spiro atoms. The Morgan fingerprint density at radius 2 is 2.05 bits per heavy atom. The molecule has 0 radical (unpaired) electrons. The summed E-state index contributed by atoms with van der Waals surface area (Å²) in [5, 5.41) is 4.45. The number of hydrogen-bond acceptors (Lipinski definition) is 3. The second-order valence-corrected chi connectivity index (χ2v) is 6.13. The van der Waals surface area contributed by atoms with E-state index in [1.54, 1.807) is 17.4 Å². The summed E-state index contributed by atoms with van der Waals surface area (Å²) in [5.41, 5.74) is 3.20. The number of nitrogens with zero attached hydrogens (tertiary/aromatic N) is 1. The molecule has 1 N–H and O–H groups in total. The molecule has 0 saturated heterocycles. The first kappa shape index (κ1) is 15.1. The van der Waals surface area contributed by atoms with E-state index in [-0.39, 0.29) is 11.9 Å². The van der Waals surface area contributed by atoms with Gasteiger partial charge in [-0.05, 0) is 50.1 Å². The van der Waals surface area contributed by atoms with Crippen LogP contribution in [0.15, 0.2) is 18.2 Å². The van der Waals surface area contributed by atoms with Gasteiger partial charge in [-0.1, -0.05) is 19.9 Å². The summed E-state index contributed by atoms with van der Waals surface area (Å²) >= 11 is 1.70. The summed E-state index contributed by atoms with van der Waals surface area (Å²) in [6.45, 7) is 9.10. The van der Waals surface area contributed by atoms with Crippen molar-refractivity contribution >= 4 is 11.3 Å². The third-order valence-electron chi connectivity index (χ3n) is 3.45. The molecule has 4 heteroatoms. The Bertz CT molecular complexity index is 592. The first-order valence-electron chi connectivity index (χ1n) is 7.02. The molecule has 0 bridgehead atoms. The van der Waals surface area contributed by atoms with E-state index in [2.05, 4.69) is 26.1 Å². The van der Waals surface area contributed by atoms with Gasteiger partial charge in [0.05, 0.1) is 11.7 Å². The fourth-order valence-corrected chi connectivity index (χ4v) is 3.46. The van der Waals surface area contributed by atoms with Crippen LogP contribution in [0.5, 0.6) is 0 Å². The lowest BCUT2D eigenvalue weighted by Gasteiger charge is -2.18. The van der Waals surface area contributed by atoms with Crippen LogP contribution in [0.1, 0.15) is 46.6 Å². The molecule has 2 nitrogen and oxygen atoms in total. The van der Waals surface area contributed by atoms with E-state index in [1.165, 1.54) is 10.9 Å². The molecule has 0 aliphatic carbocycles. The van der Waals surface area contributed by atoms with Gasteiger partial charge in [-0.15, -0.1) is 11.3 Å². The van der Waals surface area contributed by atoms with Crippen LogP contribution in [-0.2, 0) is 6.42 Å². The number of halogens is 1. The van der Waals surface area contributed by atoms with E-state index >= 15 is 0 Å². The smallest absolute Gasteiger partial charge is 0.123 e. The minimum atomic E-state index is -0.197. The van der Waals surface area contributed by atoms with Crippen LogP contribution in [-0.4, -0.2) is 11.5 Å². The number of rotatable bonds is 5. The Labute approximate surface area is 124 Å². The molecular formula is C16H21FN2S. The third kappa shape index (κ3) is 3.07. The highest BCUT2D eigenvalue weighted by atomic mass is 32.1. The van der Waals surface area contributed by atoms with E-state index in [9.17, 15) is 4.39 Å². The Balaban J connectivity index is 2.46. The van der Waals surface area contributed by atoms with Gasteiger partial charge in [-0.25, -0.2) is 9.37 Å². The molecule has 1 unspecified atom stereocenters. The van der Waals surface area contributed by atoms with Gasteiger partial charge in [0.1, 0.15) is 10.8 Å². The van der Waals surface area contributed by atoms with Crippen molar-refractivity contribution in [2.45, 2.75) is 40.2 Å². The van der Waals surface area contributed by atoms with Crippen molar-refractivity contribution < 1.29 is 4.39 Å². The van der Waals surface area contributed by atoms with Crippen molar-refractivity contribution in [3.05, 3.63) is 50.7 Å². The van der Waals surface area contributed by atoms with Crippen molar-refractivity contribution in [3.8, 4) is 0 Å². The van der Waals surface area contributed by atoms with E-state index in [4.69, 9.17) is 4.98 Å². The van der Waals surface area contributed by atoms with Crippen LogP contribution in [0, 0.1) is 19.7 Å². The number of hydrogen-bond donors (Lipinski definition) is 1. The van der Waals surface area contributed by atoms with Crippen LogP contribution in [0.2, 0.25) is 0 Å². The lowest BCUT2D eigenvalue weighted by atomic mass is 10.0. The third-order valence-corrected chi connectivity index (χ3v) is 4.53. The normalized spacial score (nSPS) is 12.7. The average Bonchev–Trinajstić information content (AvgIpc) is 2.80. The molecule has 0 fully saturated rings. The van der Waals surface area contributed by atoms with Crippen molar-refractivity contribution in [1.29, 1.82) is 0 Å². The highest BCUT2D eigenvalue weighted by Gasteiger charge is 2.20. The summed E-state index contributed by atoms with van der Waals surface area (Å²) < 4.78 is 13.6. The number of nitrogens with one attached hydrogen (secondary N) is 1. The Morgan fingerprint density at radius 1 is 1.30 bits per heavy atom. The average molecular weight is 292 g/mol. The number of thiazole rings is 1. The predicted octanol–water partition coefficient (Wildman–Crippen LogP) is 4.16. The Hall–Kier alpha value is -1.26. The molecule has 2 rings (SSSR count). The lowest BCUT2D eigenvalue weighted by Crippen LogP contribution is -2.23. The SMILES string of the molecule is CCNC(c1nc(CC)c(C)s1)c1cc(F)ccc1C. The van der Waals surface area contributed by atoms with Gasteiger partial charge in [-0.3, -0.25) is 0 Å². The molecule has 0 saturated carbocycles. The largest absolute Gasteiger partial charge is 0.305 e. The zero-order chi connectivity index (χ0) is 14.7. The maximum Gasteiger partial charge on any atom is 0.123 e. The van der Waals surface area contributed by atoms with E-state index < -0.39 is 0 Å². The minimum Gasteiger partial charge on any atom is -0.305 e. The summed E-state index contributed by atoms with van der Waals surface area (Å²) in [5.74, 6) is -0.197. The first-order chi connectivity index (χ1) is 9.56. The van der Waals surface area contributed by atoms with Crippen LogP contribution in [0.25, 0.3) is 0 Å². The van der Waals surface area contributed by atoms with Crippen molar-refractivity contribution in [1.82, 2.24) is 10.3 Å². The maximum atomic E-state index is 13.6. The number of benzene rings is 1. The van der Waals surface area contributed by atoms with Gasteiger partial charge < -0.3 is 5.32 Å². The first-order valence-corrected chi connectivity index (χ1v) is 7.84. The predicted molar refractivity (Wildman–Crippen MR) is 82.9 cm³/mol. The molecule has 1 aromatic heterocycles. The second kappa shape index (κ2) is 6.46. The molecule has 1 aromatic carbocycles. The monoisotopic (exact) mass is 292 g/mol. The van der Waals surface area contributed by atoms with E-state index in [0.29, 0.717) is 0 Å². The van der Waals surface area contributed by atoms with Crippen LogP contribution in [0.3, 0.4) is 0 Å². The highest BCUT2D eigenvalue weighted by molar-refractivity contribution is 7.11. The summed E-state index contributed by atoms with van der Waals surface area (Å²) in [4.78, 5) is 5.98. The zero-order valence-corrected chi connectivity index (χ0v) is 13.3. The van der Waals surface area contributed by atoms with Gasteiger partial charge in [-0.2, -0.15) is 0 Å². The molecule has 1 atom stereocenters. The highest BCUT2D eigenvalue weighted by Crippen LogP contribution is 2.30. The maximum absolute atomic E-state index is 13.6. The van der Waals surface area contributed by atoms with Gasteiger partial charge >= 0.3 is 0 Å². The van der Waals surface area contributed by atoms with Gasteiger partial charge in [0.15, 0.2) is 0 Å². The topological polar surface area (TPSA) is 24.9 Å². The zero-order valence-electron chi connectivity index (χ0n) is 12.5. The molecule has 0 amide bonds. The number of aryl methyl sites for hydroxylation is 3. The summed E-state index contributed by atoms with van der Waals surface area (Å²) in [7, 11) is 0. The molecule has 2 aromatic rings. The fourth-order valence-electron chi connectivity index (χ4n) is 2.36. The Kier molecular flexibility index (Phi) is 4.89. The molecule has 1 heterocycles. The molecule has 108 valence electrons. The second-order valence-electron chi connectivity index (χ2n) is 4.90. The quantitative estimate of drug-likeness (QED) is 0.895. The molecule has 20 heavy (non-hydrogen) atoms. The van der Waals surface area contributed by atoms with Gasteiger partial charge in [0.25, 0.3) is 0 Å². The number of aromatic nitrogens is 1.